The molecule has 3 atom stereocenters. The fourth-order valence-electron chi connectivity index (χ4n) is 4.80. The maximum atomic E-state index is 12.9. The first-order chi connectivity index (χ1) is 16.1. The quantitative estimate of drug-likeness (QED) is 0.605. The fourth-order valence-corrected chi connectivity index (χ4v) is 4.80. The van der Waals surface area contributed by atoms with Crippen LogP contribution in [-0.2, 0) is 11.2 Å². The van der Waals surface area contributed by atoms with Crippen LogP contribution in [0.2, 0.25) is 0 Å². The number of fused-ring (bicyclic) bond motifs is 3. The SMILES string of the molecule is COc1ccc2c(CC(=O)NCC3CN(C(=O)Nc4ccccc4)C4CCN3C4)coc2c1. The molecule has 0 radical (unpaired) electrons. The molecule has 3 heterocycles. The van der Waals surface area contributed by atoms with E-state index in [-0.39, 0.29) is 30.4 Å². The van der Waals surface area contributed by atoms with Gasteiger partial charge in [0.25, 0.3) is 0 Å². The molecular formula is C25H28N4O4. The molecule has 2 aliphatic rings. The van der Waals surface area contributed by atoms with Crippen molar-refractivity contribution < 1.29 is 18.7 Å². The van der Waals surface area contributed by atoms with Crippen LogP contribution in [0.25, 0.3) is 11.0 Å². The largest absolute Gasteiger partial charge is 0.497 e. The van der Waals surface area contributed by atoms with Crippen LogP contribution in [-0.4, -0.2) is 67.1 Å². The van der Waals surface area contributed by atoms with Crippen molar-refractivity contribution in [2.24, 2.45) is 0 Å². The van der Waals surface area contributed by atoms with Crippen molar-refractivity contribution in [1.29, 1.82) is 0 Å². The molecule has 1 aromatic heterocycles. The summed E-state index contributed by atoms with van der Waals surface area (Å²) in [5.41, 5.74) is 2.34. The van der Waals surface area contributed by atoms with E-state index < -0.39 is 0 Å². The van der Waals surface area contributed by atoms with E-state index >= 15 is 0 Å². The summed E-state index contributed by atoms with van der Waals surface area (Å²) < 4.78 is 10.8. The second-order valence-electron chi connectivity index (χ2n) is 8.64. The number of nitrogens with zero attached hydrogens (tertiary/aromatic N) is 2. The Labute approximate surface area is 192 Å². The van der Waals surface area contributed by atoms with E-state index in [1.54, 1.807) is 13.4 Å². The Kier molecular flexibility index (Phi) is 5.92. The van der Waals surface area contributed by atoms with Gasteiger partial charge in [0.2, 0.25) is 5.91 Å². The van der Waals surface area contributed by atoms with E-state index in [2.05, 4.69) is 15.5 Å². The molecule has 2 aliphatic heterocycles. The minimum absolute atomic E-state index is 0.0601. The zero-order valence-electron chi connectivity index (χ0n) is 18.6. The van der Waals surface area contributed by atoms with Crippen molar-refractivity contribution in [1.82, 2.24) is 15.1 Å². The maximum absolute atomic E-state index is 12.9. The van der Waals surface area contributed by atoms with Crippen LogP contribution in [0.3, 0.4) is 0 Å². The van der Waals surface area contributed by atoms with Crippen molar-refractivity contribution in [3.8, 4) is 5.75 Å². The summed E-state index contributed by atoms with van der Waals surface area (Å²) in [7, 11) is 1.61. The Balaban J connectivity index is 1.19. The van der Waals surface area contributed by atoms with E-state index in [0.717, 1.165) is 41.9 Å². The number of methoxy groups -OCH3 is 1. The third-order valence-electron chi connectivity index (χ3n) is 6.59. The molecule has 0 spiro atoms. The van der Waals surface area contributed by atoms with Gasteiger partial charge >= 0.3 is 6.03 Å². The summed E-state index contributed by atoms with van der Waals surface area (Å²) in [6, 6.07) is 15.3. The second kappa shape index (κ2) is 9.15. The van der Waals surface area contributed by atoms with Gasteiger partial charge in [0.1, 0.15) is 11.3 Å². The summed E-state index contributed by atoms with van der Waals surface area (Å²) in [6.45, 7) is 2.88. The fraction of sp³-hybridized carbons (Fsp3) is 0.360. The Bertz CT molecular complexity index is 1150. The molecule has 2 bridgehead atoms. The molecule has 8 heteroatoms. The highest BCUT2D eigenvalue weighted by Crippen LogP contribution is 2.27. The highest BCUT2D eigenvalue weighted by atomic mass is 16.5. The van der Waals surface area contributed by atoms with Gasteiger partial charge in [-0.2, -0.15) is 0 Å². The Morgan fingerprint density at radius 1 is 1.15 bits per heavy atom. The number of piperazine rings is 1. The molecule has 8 nitrogen and oxygen atoms in total. The van der Waals surface area contributed by atoms with E-state index in [1.165, 1.54) is 0 Å². The zero-order chi connectivity index (χ0) is 22.8. The van der Waals surface area contributed by atoms with Gasteiger partial charge in [-0.15, -0.1) is 0 Å². The minimum Gasteiger partial charge on any atom is -0.497 e. The highest BCUT2D eigenvalue weighted by molar-refractivity contribution is 5.90. The molecule has 3 aromatic rings. The first-order valence-electron chi connectivity index (χ1n) is 11.3. The summed E-state index contributed by atoms with van der Waals surface area (Å²) >= 11 is 0. The lowest BCUT2D eigenvalue weighted by Gasteiger charge is -2.40. The maximum Gasteiger partial charge on any atom is 0.322 e. The van der Waals surface area contributed by atoms with Gasteiger partial charge in [0.05, 0.1) is 19.8 Å². The van der Waals surface area contributed by atoms with Gasteiger partial charge in [-0.3, -0.25) is 9.69 Å². The number of ether oxygens (including phenoxy) is 1. The molecule has 2 N–H and O–H groups in total. The molecule has 3 amide bonds. The van der Waals surface area contributed by atoms with Gasteiger partial charge in [0, 0.05) is 61.0 Å². The average Bonchev–Trinajstić information content (AvgIpc) is 3.43. The van der Waals surface area contributed by atoms with Crippen LogP contribution in [0.1, 0.15) is 12.0 Å². The van der Waals surface area contributed by atoms with Crippen molar-refractivity contribution >= 4 is 28.6 Å². The van der Waals surface area contributed by atoms with Gasteiger partial charge in [0.15, 0.2) is 0 Å². The summed E-state index contributed by atoms with van der Waals surface area (Å²) in [5.74, 6) is 0.657. The standard InChI is InChI=1S/C25H28N4O4/c1-32-21-7-8-22-17(16-33-23(22)12-21)11-24(30)26-13-20-15-29(19-9-10-28(20)14-19)25(31)27-18-5-3-2-4-6-18/h2-8,12,16,19-20H,9-11,13-15H2,1H3,(H,26,30)(H,27,31). The predicted octanol–water partition coefficient (Wildman–Crippen LogP) is 3.09. The molecule has 172 valence electrons. The Morgan fingerprint density at radius 2 is 2.00 bits per heavy atom. The number of rotatable bonds is 6. The number of furan rings is 1. The molecule has 0 aliphatic carbocycles. The topological polar surface area (TPSA) is 87.0 Å². The first-order valence-corrected chi connectivity index (χ1v) is 11.3. The van der Waals surface area contributed by atoms with Crippen molar-refractivity contribution in [2.75, 3.05) is 38.6 Å². The third kappa shape index (κ3) is 4.52. The number of carbonyl (C=O) groups is 2. The predicted molar refractivity (Wildman–Crippen MR) is 125 cm³/mol. The minimum atomic E-state index is -0.0793. The Morgan fingerprint density at radius 3 is 2.82 bits per heavy atom. The molecule has 5 rings (SSSR count). The van der Waals surface area contributed by atoms with Crippen LogP contribution in [0.15, 0.2) is 59.2 Å². The summed E-state index contributed by atoms with van der Waals surface area (Å²) in [4.78, 5) is 29.9. The van der Waals surface area contributed by atoms with Gasteiger partial charge in [-0.25, -0.2) is 4.79 Å². The molecule has 2 saturated heterocycles. The summed E-state index contributed by atoms with van der Waals surface area (Å²) in [5, 5.41) is 6.97. The molecule has 33 heavy (non-hydrogen) atoms. The van der Waals surface area contributed by atoms with E-state index in [1.807, 2.05) is 53.4 Å². The average molecular weight is 449 g/mol. The van der Waals surface area contributed by atoms with Crippen molar-refractivity contribution in [3.05, 3.63) is 60.4 Å². The van der Waals surface area contributed by atoms with Gasteiger partial charge < -0.3 is 24.7 Å². The molecule has 2 aromatic carbocycles. The number of urea groups is 1. The van der Waals surface area contributed by atoms with Crippen LogP contribution >= 0.6 is 0 Å². The van der Waals surface area contributed by atoms with Gasteiger partial charge in [-0.1, -0.05) is 18.2 Å². The van der Waals surface area contributed by atoms with Gasteiger partial charge in [-0.05, 0) is 30.7 Å². The number of anilines is 1. The van der Waals surface area contributed by atoms with E-state index in [0.29, 0.717) is 18.7 Å². The first kappa shape index (κ1) is 21.3. The number of amides is 3. The third-order valence-corrected chi connectivity index (χ3v) is 6.59. The second-order valence-corrected chi connectivity index (χ2v) is 8.64. The lowest BCUT2D eigenvalue weighted by Crippen LogP contribution is -2.58. The molecular weight excluding hydrogens is 420 g/mol. The van der Waals surface area contributed by atoms with Crippen LogP contribution < -0.4 is 15.4 Å². The van der Waals surface area contributed by atoms with Crippen LogP contribution in [0, 0.1) is 0 Å². The van der Waals surface area contributed by atoms with Crippen LogP contribution in [0.5, 0.6) is 5.75 Å². The van der Waals surface area contributed by atoms with Crippen LogP contribution in [0.4, 0.5) is 10.5 Å². The smallest absolute Gasteiger partial charge is 0.322 e. The van der Waals surface area contributed by atoms with Crippen molar-refractivity contribution in [3.63, 3.8) is 0 Å². The molecule has 0 saturated carbocycles. The number of hydrogen-bond donors (Lipinski definition) is 2. The highest BCUT2D eigenvalue weighted by Gasteiger charge is 2.40. The summed E-state index contributed by atoms with van der Waals surface area (Å²) in [6.07, 6.45) is 2.83. The van der Waals surface area contributed by atoms with E-state index in [4.69, 9.17) is 9.15 Å². The molecule has 3 unspecified atom stereocenters. The van der Waals surface area contributed by atoms with E-state index in [9.17, 15) is 9.59 Å². The Hall–Kier alpha value is -3.52. The normalized spacial score (nSPS) is 21.7. The lowest BCUT2D eigenvalue weighted by atomic mass is 10.1. The van der Waals surface area contributed by atoms with Crippen molar-refractivity contribution in [2.45, 2.75) is 24.9 Å². The zero-order valence-corrected chi connectivity index (χ0v) is 18.6. The number of nitrogens with one attached hydrogen (secondary N) is 2. The number of hydrogen-bond acceptors (Lipinski definition) is 5. The monoisotopic (exact) mass is 448 g/mol. The number of benzene rings is 2. The lowest BCUT2D eigenvalue weighted by molar-refractivity contribution is -0.120. The number of carbonyl (C=O) groups excluding carboxylic acids is 2. The number of para-hydroxylation sites is 1. The molecule has 2 fully saturated rings.